The molecule has 0 aliphatic heterocycles. The fourth-order valence-electron chi connectivity index (χ4n) is 4.05. The number of benzene rings is 2. The van der Waals surface area contributed by atoms with Gasteiger partial charge in [-0.3, -0.25) is 14.2 Å². The molecule has 1 N–H and O–H groups in total. The molecule has 8 heteroatoms. The molecular weight excluding hydrogens is 446 g/mol. The zero-order valence-electron chi connectivity index (χ0n) is 18.2. The number of aryl methyl sites for hydroxylation is 1. The van der Waals surface area contributed by atoms with Crippen LogP contribution in [0.1, 0.15) is 37.7 Å². The summed E-state index contributed by atoms with van der Waals surface area (Å²) in [4.78, 5) is 30.8. The standard InChI is InChI=1S/C24H26ClN3O3S/c1-15-12-20(21(31-2)13-18(15)25)28-23(30)17-10-6-7-11-19(17)27-24(28)32-14-22(29)26-16-8-4-3-5-9-16/h6-7,10-13,16H,3-5,8-9,14H2,1-2H3,(H,26,29). The molecule has 0 bridgehead atoms. The number of halogens is 1. The number of hydrogen-bond donors (Lipinski definition) is 1. The van der Waals surface area contributed by atoms with Gasteiger partial charge in [-0.15, -0.1) is 0 Å². The Morgan fingerprint density at radius 1 is 1.25 bits per heavy atom. The third kappa shape index (κ3) is 4.79. The summed E-state index contributed by atoms with van der Waals surface area (Å²) in [5.74, 6) is 0.597. The molecule has 0 saturated heterocycles. The quantitative estimate of drug-likeness (QED) is 0.409. The number of nitrogens with one attached hydrogen (secondary N) is 1. The minimum Gasteiger partial charge on any atom is -0.495 e. The third-order valence-corrected chi connectivity index (χ3v) is 7.09. The Hall–Kier alpha value is -2.51. The van der Waals surface area contributed by atoms with Crippen molar-refractivity contribution in [3.63, 3.8) is 0 Å². The van der Waals surface area contributed by atoms with Gasteiger partial charge in [0, 0.05) is 17.1 Å². The van der Waals surface area contributed by atoms with E-state index in [1.807, 2.05) is 25.1 Å². The Balaban J connectivity index is 1.72. The lowest BCUT2D eigenvalue weighted by Gasteiger charge is -2.22. The number of thioether (sulfide) groups is 1. The highest BCUT2D eigenvalue weighted by Gasteiger charge is 2.20. The van der Waals surface area contributed by atoms with Crippen LogP contribution < -0.4 is 15.6 Å². The van der Waals surface area contributed by atoms with Gasteiger partial charge in [-0.2, -0.15) is 0 Å². The topological polar surface area (TPSA) is 73.2 Å². The molecule has 0 spiro atoms. The minimum atomic E-state index is -0.217. The number of para-hydroxylation sites is 1. The molecule has 1 aliphatic carbocycles. The van der Waals surface area contributed by atoms with E-state index in [2.05, 4.69) is 5.32 Å². The molecule has 0 unspecified atom stereocenters. The molecule has 1 aliphatic rings. The third-order valence-electron chi connectivity index (χ3n) is 5.75. The second-order valence-corrected chi connectivity index (χ2v) is 9.37. The molecule has 1 saturated carbocycles. The maximum atomic E-state index is 13.5. The molecule has 168 valence electrons. The van der Waals surface area contributed by atoms with Gasteiger partial charge in [-0.05, 0) is 43.5 Å². The van der Waals surface area contributed by atoms with Crippen molar-refractivity contribution in [2.24, 2.45) is 0 Å². The molecule has 1 amide bonds. The predicted octanol–water partition coefficient (Wildman–Crippen LogP) is 4.90. The first-order chi connectivity index (χ1) is 15.5. The van der Waals surface area contributed by atoms with Gasteiger partial charge in [0.25, 0.3) is 5.56 Å². The van der Waals surface area contributed by atoms with E-state index in [-0.39, 0.29) is 23.3 Å². The van der Waals surface area contributed by atoms with E-state index < -0.39 is 0 Å². The molecule has 1 fully saturated rings. The number of carbonyl (C=O) groups is 1. The van der Waals surface area contributed by atoms with E-state index in [4.69, 9.17) is 21.3 Å². The highest BCUT2D eigenvalue weighted by Crippen LogP contribution is 2.32. The molecular formula is C24H26ClN3O3S. The number of aromatic nitrogens is 2. The van der Waals surface area contributed by atoms with Crippen molar-refractivity contribution in [3.05, 3.63) is 57.3 Å². The lowest BCUT2D eigenvalue weighted by Crippen LogP contribution is -2.37. The van der Waals surface area contributed by atoms with Crippen LogP contribution in [0.2, 0.25) is 5.02 Å². The summed E-state index contributed by atoms with van der Waals surface area (Å²) in [6, 6.07) is 10.9. The summed E-state index contributed by atoms with van der Waals surface area (Å²) in [7, 11) is 1.54. The lowest BCUT2D eigenvalue weighted by atomic mass is 9.95. The maximum Gasteiger partial charge on any atom is 0.266 e. The van der Waals surface area contributed by atoms with Crippen molar-refractivity contribution < 1.29 is 9.53 Å². The van der Waals surface area contributed by atoms with E-state index in [1.165, 1.54) is 29.9 Å². The second kappa shape index (κ2) is 9.96. The van der Waals surface area contributed by atoms with Crippen LogP contribution in [0.3, 0.4) is 0 Å². The number of carbonyl (C=O) groups excluding carboxylic acids is 1. The summed E-state index contributed by atoms with van der Waals surface area (Å²) < 4.78 is 7.04. The average Bonchev–Trinajstić information content (AvgIpc) is 2.80. The summed E-state index contributed by atoms with van der Waals surface area (Å²) >= 11 is 7.53. The average molecular weight is 472 g/mol. The fourth-order valence-corrected chi connectivity index (χ4v) is 5.02. The monoisotopic (exact) mass is 471 g/mol. The Bertz CT molecular complexity index is 1210. The van der Waals surface area contributed by atoms with Crippen molar-refractivity contribution in [1.82, 2.24) is 14.9 Å². The molecule has 1 heterocycles. The SMILES string of the molecule is COc1cc(Cl)c(C)cc1-n1c(SCC(=O)NC2CCCCC2)nc2ccccc2c1=O. The smallest absolute Gasteiger partial charge is 0.266 e. The van der Waals surface area contributed by atoms with Crippen molar-refractivity contribution in [3.8, 4) is 11.4 Å². The van der Waals surface area contributed by atoms with Crippen LogP contribution in [0, 0.1) is 6.92 Å². The van der Waals surface area contributed by atoms with Crippen LogP contribution in [0.25, 0.3) is 16.6 Å². The van der Waals surface area contributed by atoms with Crippen LogP contribution in [-0.2, 0) is 4.79 Å². The van der Waals surface area contributed by atoms with Gasteiger partial charge in [0.1, 0.15) is 5.75 Å². The van der Waals surface area contributed by atoms with E-state index in [0.29, 0.717) is 32.5 Å². The number of rotatable bonds is 6. The van der Waals surface area contributed by atoms with Crippen molar-refractivity contribution >= 4 is 40.2 Å². The van der Waals surface area contributed by atoms with E-state index in [1.54, 1.807) is 18.2 Å². The molecule has 3 aromatic rings. The highest BCUT2D eigenvalue weighted by molar-refractivity contribution is 7.99. The van der Waals surface area contributed by atoms with Gasteiger partial charge in [-0.1, -0.05) is 54.8 Å². The number of amides is 1. The normalized spacial score (nSPS) is 14.5. The van der Waals surface area contributed by atoms with Crippen LogP contribution in [0.5, 0.6) is 5.75 Å². The van der Waals surface area contributed by atoms with Crippen molar-refractivity contribution in [2.75, 3.05) is 12.9 Å². The first-order valence-electron chi connectivity index (χ1n) is 10.8. The summed E-state index contributed by atoms with van der Waals surface area (Å²) in [6.45, 7) is 1.87. The molecule has 4 rings (SSSR count). The minimum absolute atomic E-state index is 0.0462. The van der Waals surface area contributed by atoms with Crippen LogP contribution in [-0.4, -0.2) is 34.4 Å². The van der Waals surface area contributed by atoms with Gasteiger partial charge in [0.2, 0.25) is 5.91 Å². The first-order valence-corrected chi connectivity index (χ1v) is 12.1. The number of ether oxygens (including phenoxy) is 1. The van der Waals surface area contributed by atoms with Crippen LogP contribution in [0.4, 0.5) is 0 Å². The number of fused-ring (bicyclic) bond motifs is 1. The van der Waals surface area contributed by atoms with E-state index in [0.717, 1.165) is 31.2 Å². The second-order valence-electron chi connectivity index (χ2n) is 8.02. The zero-order valence-corrected chi connectivity index (χ0v) is 19.8. The summed E-state index contributed by atoms with van der Waals surface area (Å²) in [5, 5.41) is 4.61. The Morgan fingerprint density at radius 3 is 2.75 bits per heavy atom. The molecule has 6 nitrogen and oxygen atoms in total. The van der Waals surface area contributed by atoms with Gasteiger partial charge in [0.05, 0.1) is 29.5 Å². The van der Waals surface area contributed by atoms with Crippen LogP contribution >= 0.6 is 23.4 Å². The molecule has 1 aromatic heterocycles. The number of hydrogen-bond acceptors (Lipinski definition) is 5. The van der Waals surface area contributed by atoms with Gasteiger partial charge < -0.3 is 10.1 Å². The largest absolute Gasteiger partial charge is 0.495 e. The van der Waals surface area contributed by atoms with Gasteiger partial charge >= 0.3 is 0 Å². The lowest BCUT2D eigenvalue weighted by molar-refractivity contribution is -0.119. The Morgan fingerprint density at radius 2 is 2.00 bits per heavy atom. The number of methoxy groups -OCH3 is 1. The van der Waals surface area contributed by atoms with Gasteiger partial charge in [0.15, 0.2) is 5.16 Å². The highest BCUT2D eigenvalue weighted by atomic mass is 35.5. The molecule has 0 radical (unpaired) electrons. The summed E-state index contributed by atoms with van der Waals surface area (Å²) in [6.07, 6.45) is 5.59. The fraction of sp³-hybridized carbons (Fsp3) is 0.375. The predicted molar refractivity (Wildman–Crippen MR) is 129 cm³/mol. The Kier molecular flexibility index (Phi) is 7.06. The van der Waals surface area contributed by atoms with Gasteiger partial charge in [-0.25, -0.2) is 4.98 Å². The van der Waals surface area contributed by atoms with E-state index in [9.17, 15) is 9.59 Å². The Labute approximate surface area is 196 Å². The molecule has 2 aromatic carbocycles. The molecule has 32 heavy (non-hydrogen) atoms. The molecule has 0 atom stereocenters. The van der Waals surface area contributed by atoms with Crippen LogP contribution in [0.15, 0.2) is 46.3 Å². The van der Waals surface area contributed by atoms with E-state index >= 15 is 0 Å². The first kappa shape index (κ1) is 22.7. The summed E-state index contributed by atoms with van der Waals surface area (Å²) in [5.41, 5.74) is 1.74. The zero-order chi connectivity index (χ0) is 22.7. The number of nitrogens with zero attached hydrogens (tertiary/aromatic N) is 2. The maximum absolute atomic E-state index is 13.5. The van der Waals surface area contributed by atoms with Crippen molar-refractivity contribution in [1.29, 1.82) is 0 Å². The van der Waals surface area contributed by atoms with Crippen molar-refractivity contribution in [2.45, 2.75) is 50.2 Å².